The molecule has 0 aliphatic carbocycles. The first-order valence-corrected chi connectivity index (χ1v) is 13.2. The normalized spacial score (nSPS) is 16.1. The first-order valence-electron chi connectivity index (χ1n) is 10.4. The monoisotopic (exact) mass is 581 g/mol. The molecule has 0 radical (unpaired) electrons. The van der Waals surface area contributed by atoms with E-state index in [1.807, 2.05) is 18.2 Å². The second kappa shape index (κ2) is 12.0. The molecule has 3 aromatic rings. The highest BCUT2D eigenvalue weighted by molar-refractivity contribution is 7.92. The largest absolute Gasteiger partial charge is 0.490 e. The predicted octanol–water partition coefficient (Wildman–Crippen LogP) is 4.45. The second-order valence-electron chi connectivity index (χ2n) is 7.73. The van der Waals surface area contributed by atoms with Crippen LogP contribution in [0.3, 0.4) is 0 Å². The molecular weight excluding hydrogens is 562 g/mol. The Kier molecular flexibility index (Phi) is 9.28. The van der Waals surface area contributed by atoms with Crippen LogP contribution < -0.4 is 10.0 Å². The number of alkyl halides is 3. The summed E-state index contributed by atoms with van der Waals surface area (Å²) < 4.78 is 73.6. The summed E-state index contributed by atoms with van der Waals surface area (Å²) in [5.74, 6) is -3.50. The summed E-state index contributed by atoms with van der Waals surface area (Å²) in [6.07, 6.45) is -2.46. The third-order valence-corrected chi connectivity index (χ3v) is 7.24. The average Bonchev–Trinajstić information content (AvgIpc) is 3.48. The number of benzene rings is 1. The third-order valence-electron chi connectivity index (χ3n) is 4.97. The van der Waals surface area contributed by atoms with Crippen molar-refractivity contribution in [2.75, 3.05) is 23.1 Å². The fourth-order valence-corrected chi connectivity index (χ4v) is 5.26. The summed E-state index contributed by atoms with van der Waals surface area (Å²) in [6.45, 7) is 2.36. The Labute approximate surface area is 218 Å². The molecule has 16 heteroatoms. The lowest BCUT2D eigenvalue weighted by Gasteiger charge is -2.18. The summed E-state index contributed by atoms with van der Waals surface area (Å²) >= 11 is 7.50. The van der Waals surface area contributed by atoms with Crippen LogP contribution in [-0.4, -0.2) is 59.7 Å². The molecule has 200 valence electrons. The van der Waals surface area contributed by atoms with Crippen molar-refractivity contribution in [2.45, 2.75) is 30.1 Å². The van der Waals surface area contributed by atoms with Crippen LogP contribution >= 0.6 is 22.9 Å². The van der Waals surface area contributed by atoms with Crippen molar-refractivity contribution >= 4 is 50.4 Å². The van der Waals surface area contributed by atoms with Crippen LogP contribution in [0.2, 0.25) is 5.02 Å². The van der Waals surface area contributed by atoms with E-state index in [9.17, 15) is 26.0 Å². The van der Waals surface area contributed by atoms with Crippen molar-refractivity contribution in [3.63, 3.8) is 0 Å². The van der Waals surface area contributed by atoms with Gasteiger partial charge in [0.15, 0.2) is 5.82 Å². The zero-order valence-corrected chi connectivity index (χ0v) is 21.1. The molecule has 0 amide bonds. The molecular formula is C21H20ClF4N5O4S2. The lowest BCUT2D eigenvalue weighted by atomic mass is 10.2. The molecule has 37 heavy (non-hydrogen) atoms. The quantitative estimate of drug-likeness (QED) is 0.350. The smallest absolute Gasteiger partial charge is 0.475 e. The Bertz CT molecular complexity index is 1310. The van der Waals surface area contributed by atoms with Crippen molar-refractivity contribution in [1.82, 2.24) is 14.9 Å². The first-order chi connectivity index (χ1) is 17.3. The van der Waals surface area contributed by atoms with Gasteiger partial charge in [0, 0.05) is 37.3 Å². The molecule has 1 saturated heterocycles. The summed E-state index contributed by atoms with van der Waals surface area (Å²) in [6, 6.07) is 8.13. The maximum Gasteiger partial charge on any atom is 0.490 e. The highest BCUT2D eigenvalue weighted by Crippen LogP contribution is 2.30. The number of hydrogen-bond acceptors (Lipinski definition) is 8. The first kappa shape index (κ1) is 28.6. The Morgan fingerprint density at radius 1 is 1.27 bits per heavy atom. The number of pyridine rings is 1. The van der Waals surface area contributed by atoms with Crippen LogP contribution in [0.1, 0.15) is 12.1 Å². The number of nitrogens with one attached hydrogen (secondary N) is 2. The maximum absolute atomic E-state index is 14.6. The number of halogens is 5. The van der Waals surface area contributed by atoms with Crippen LogP contribution in [-0.2, 0) is 21.4 Å². The standard InChI is InChI=1S/C19H19ClFN5O2S2.C2HF3O2/c20-15-7-18(30(27,28)25-19-11-29-12-23-19)16(21)8-17(15)24-14-4-6-26(10-14)9-13-3-1-2-5-22-13;3-2(4,5)1(6)7/h1-3,5,7-8,11-12,14,24-25H,4,6,9-10H2;(H,6,7). The van der Waals surface area contributed by atoms with E-state index >= 15 is 0 Å². The number of carbonyl (C=O) groups is 1. The Hall–Kier alpha value is -3.01. The minimum atomic E-state index is -5.08. The van der Waals surface area contributed by atoms with Gasteiger partial charge in [-0.2, -0.15) is 13.2 Å². The molecule has 2 aromatic heterocycles. The number of aromatic nitrogens is 2. The Morgan fingerprint density at radius 3 is 2.59 bits per heavy atom. The van der Waals surface area contributed by atoms with Gasteiger partial charge in [0.1, 0.15) is 10.7 Å². The van der Waals surface area contributed by atoms with E-state index in [1.165, 1.54) is 22.2 Å². The molecule has 3 N–H and O–H groups in total. The number of carboxylic acids is 1. The molecule has 9 nitrogen and oxygen atoms in total. The van der Waals surface area contributed by atoms with Crippen LogP contribution in [0.4, 0.5) is 29.1 Å². The number of nitrogens with zero attached hydrogens (tertiary/aromatic N) is 3. The van der Waals surface area contributed by atoms with Gasteiger partial charge in [0.25, 0.3) is 10.0 Å². The van der Waals surface area contributed by atoms with E-state index in [1.54, 1.807) is 6.20 Å². The number of hydrogen-bond donors (Lipinski definition) is 3. The van der Waals surface area contributed by atoms with Gasteiger partial charge >= 0.3 is 12.1 Å². The van der Waals surface area contributed by atoms with Gasteiger partial charge in [-0.25, -0.2) is 22.6 Å². The molecule has 0 saturated carbocycles. The van der Waals surface area contributed by atoms with Gasteiger partial charge in [0.2, 0.25) is 0 Å². The molecule has 3 heterocycles. The number of sulfonamides is 1. The molecule has 4 rings (SSSR count). The van der Waals surface area contributed by atoms with E-state index in [2.05, 4.69) is 24.9 Å². The van der Waals surface area contributed by atoms with Crippen molar-refractivity contribution < 1.29 is 35.9 Å². The second-order valence-corrected chi connectivity index (χ2v) is 10.5. The van der Waals surface area contributed by atoms with E-state index < -0.39 is 32.9 Å². The van der Waals surface area contributed by atoms with Crippen LogP contribution in [0.25, 0.3) is 0 Å². The van der Waals surface area contributed by atoms with Gasteiger partial charge in [-0.15, -0.1) is 11.3 Å². The number of thiazole rings is 1. The van der Waals surface area contributed by atoms with Crippen molar-refractivity contribution in [2.24, 2.45) is 0 Å². The van der Waals surface area contributed by atoms with Gasteiger partial charge in [-0.1, -0.05) is 17.7 Å². The lowest BCUT2D eigenvalue weighted by Crippen LogP contribution is -2.26. The molecule has 1 atom stereocenters. The number of aliphatic carboxylic acids is 1. The fourth-order valence-electron chi connectivity index (χ4n) is 3.34. The number of likely N-dealkylation sites (tertiary alicyclic amines) is 1. The molecule has 1 aromatic carbocycles. The van der Waals surface area contributed by atoms with Gasteiger partial charge in [-0.05, 0) is 30.7 Å². The summed E-state index contributed by atoms with van der Waals surface area (Å²) in [4.78, 5) is 18.8. The molecule has 1 aliphatic rings. The lowest BCUT2D eigenvalue weighted by molar-refractivity contribution is -0.192. The molecule has 1 aliphatic heterocycles. The summed E-state index contributed by atoms with van der Waals surface area (Å²) in [7, 11) is -4.13. The van der Waals surface area contributed by atoms with E-state index in [0.29, 0.717) is 5.69 Å². The molecule has 0 spiro atoms. The molecule has 1 fully saturated rings. The molecule has 1 unspecified atom stereocenters. The van der Waals surface area contributed by atoms with Gasteiger partial charge in [0.05, 0.1) is 21.9 Å². The molecule has 0 bridgehead atoms. The Morgan fingerprint density at radius 2 is 2.00 bits per heavy atom. The van der Waals surface area contributed by atoms with E-state index in [-0.39, 0.29) is 16.9 Å². The zero-order valence-electron chi connectivity index (χ0n) is 18.7. The van der Waals surface area contributed by atoms with Crippen LogP contribution in [0.5, 0.6) is 0 Å². The van der Waals surface area contributed by atoms with Crippen molar-refractivity contribution in [3.05, 3.63) is 64.0 Å². The van der Waals surface area contributed by atoms with Crippen molar-refractivity contribution in [1.29, 1.82) is 0 Å². The summed E-state index contributed by atoms with van der Waals surface area (Å²) in [5, 5.41) is 12.0. The minimum Gasteiger partial charge on any atom is -0.475 e. The van der Waals surface area contributed by atoms with E-state index in [0.717, 1.165) is 43.9 Å². The van der Waals surface area contributed by atoms with Crippen LogP contribution in [0.15, 0.2) is 52.3 Å². The maximum atomic E-state index is 14.6. The zero-order chi connectivity index (χ0) is 27.2. The minimum absolute atomic E-state index is 0.0706. The Balaban J connectivity index is 0.000000479. The SMILES string of the molecule is O=C(O)C(F)(F)F.O=S(=O)(Nc1cscn1)c1cc(Cl)c(NC2CCN(Cc3ccccn3)C2)cc1F. The highest BCUT2D eigenvalue weighted by Gasteiger charge is 2.38. The number of rotatable bonds is 7. The summed E-state index contributed by atoms with van der Waals surface area (Å²) in [5.41, 5.74) is 2.84. The number of carboxylic acid groups (broad SMARTS) is 1. The van der Waals surface area contributed by atoms with Crippen molar-refractivity contribution in [3.8, 4) is 0 Å². The van der Waals surface area contributed by atoms with Gasteiger partial charge in [-0.3, -0.25) is 14.6 Å². The predicted molar refractivity (Wildman–Crippen MR) is 130 cm³/mol. The highest BCUT2D eigenvalue weighted by atomic mass is 35.5. The number of anilines is 2. The fraction of sp³-hybridized carbons (Fsp3) is 0.286. The average molecular weight is 582 g/mol. The van der Waals surface area contributed by atoms with E-state index in [4.69, 9.17) is 21.5 Å². The van der Waals surface area contributed by atoms with Gasteiger partial charge < -0.3 is 10.4 Å². The van der Waals surface area contributed by atoms with Crippen LogP contribution in [0, 0.1) is 5.82 Å². The third kappa shape index (κ3) is 8.24. The topological polar surface area (TPSA) is 125 Å².